The second-order valence-corrected chi connectivity index (χ2v) is 6.85. The van der Waals surface area contributed by atoms with Crippen molar-refractivity contribution in [2.24, 2.45) is 5.10 Å². The number of amides is 1. The van der Waals surface area contributed by atoms with Crippen molar-refractivity contribution in [2.75, 3.05) is 0 Å². The van der Waals surface area contributed by atoms with Crippen LogP contribution in [0.5, 0.6) is 5.75 Å². The van der Waals surface area contributed by atoms with E-state index in [1.807, 2.05) is 24.3 Å². The molecule has 0 aliphatic rings. The highest BCUT2D eigenvalue weighted by Crippen LogP contribution is 2.20. The summed E-state index contributed by atoms with van der Waals surface area (Å²) in [6, 6.07) is 20.6. The van der Waals surface area contributed by atoms with Crippen molar-refractivity contribution < 1.29 is 14.5 Å². The zero-order valence-corrected chi connectivity index (χ0v) is 16.7. The van der Waals surface area contributed by atoms with Crippen LogP contribution in [0.2, 0.25) is 0 Å². The summed E-state index contributed by atoms with van der Waals surface area (Å²) >= 11 is 3.41. The molecule has 8 heteroatoms. The number of carbonyl (C=O) groups excluding carboxylic acids is 1. The maximum atomic E-state index is 12.5. The zero-order chi connectivity index (χ0) is 20.6. The first-order chi connectivity index (χ1) is 14.0. The number of carbonyl (C=O) groups is 1. The molecule has 0 saturated heterocycles. The van der Waals surface area contributed by atoms with Crippen molar-refractivity contribution in [2.45, 2.75) is 6.61 Å². The van der Waals surface area contributed by atoms with E-state index in [1.165, 1.54) is 12.3 Å². The molecule has 0 aromatic heterocycles. The third kappa shape index (κ3) is 5.49. The number of nitro groups is 1. The molecule has 0 atom stereocenters. The van der Waals surface area contributed by atoms with E-state index in [4.69, 9.17) is 4.74 Å². The van der Waals surface area contributed by atoms with E-state index in [1.54, 1.807) is 42.5 Å². The van der Waals surface area contributed by atoms with Gasteiger partial charge in [0.2, 0.25) is 0 Å². The molecule has 0 bridgehead atoms. The van der Waals surface area contributed by atoms with E-state index in [2.05, 4.69) is 26.5 Å². The molecule has 0 radical (unpaired) electrons. The summed E-state index contributed by atoms with van der Waals surface area (Å²) in [5.74, 6) is -0.0736. The average Bonchev–Trinajstić information content (AvgIpc) is 2.72. The highest BCUT2D eigenvalue weighted by atomic mass is 79.9. The maximum Gasteiger partial charge on any atom is 0.278 e. The van der Waals surface area contributed by atoms with Gasteiger partial charge < -0.3 is 4.74 Å². The summed E-state index contributed by atoms with van der Waals surface area (Å²) in [4.78, 5) is 23.0. The second kappa shape index (κ2) is 9.61. The molecule has 1 amide bonds. The summed E-state index contributed by atoms with van der Waals surface area (Å²) < 4.78 is 6.73. The van der Waals surface area contributed by atoms with E-state index in [9.17, 15) is 14.9 Å². The van der Waals surface area contributed by atoms with Gasteiger partial charge in [0.1, 0.15) is 12.4 Å². The van der Waals surface area contributed by atoms with Crippen molar-refractivity contribution in [3.05, 3.63) is 104 Å². The Labute approximate surface area is 175 Å². The molecule has 3 aromatic carbocycles. The number of hydrazone groups is 1. The van der Waals surface area contributed by atoms with E-state index in [0.29, 0.717) is 17.9 Å². The Morgan fingerprint density at radius 1 is 1.10 bits per heavy atom. The highest BCUT2D eigenvalue weighted by molar-refractivity contribution is 9.10. The van der Waals surface area contributed by atoms with Crippen molar-refractivity contribution in [1.29, 1.82) is 0 Å². The van der Waals surface area contributed by atoms with E-state index < -0.39 is 10.8 Å². The molecule has 0 fully saturated rings. The van der Waals surface area contributed by atoms with Crippen LogP contribution in [-0.4, -0.2) is 17.0 Å². The number of benzene rings is 3. The van der Waals surface area contributed by atoms with Gasteiger partial charge in [0.15, 0.2) is 0 Å². The lowest BCUT2D eigenvalue weighted by atomic mass is 10.2. The molecule has 29 heavy (non-hydrogen) atoms. The molecular weight excluding hydrogens is 438 g/mol. The van der Waals surface area contributed by atoms with Gasteiger partial charge >= 0.3 is 0 Å². The lowest BCUT2D eigenvalue weighted by molar-refractivity contribution is -0.385. The minimum Gasteiger partial charge on any atom is -0.488 e. The van der Waals surface area contributed by atoms with Gasteiger partial charge in [0, 0.05) is 10.5 Å². The molecule has 146 valence electrons. The van der Waals surface area contributed by atoms with E-state index >= 15 is 0 Å². The standard InChI is InChI=1S/C21H16BrN3O4/c22-17-8-5-6-15(12-17)14-29-20-11-4-2-9-18(20)21(26)24-23-13-16-7-1-3-10-19(16)25(27)28/h1-13H,14H2,(H,24,26)/b23-13-. The van der Waals surface area contributed by atoms with Crippen LogP contribution in [0, 0.1) is 10.1 Å². The average molecular weight is 454 g/mol. The number of halogens is 1. The molecule has 3 rings (SSSR count). The topological polar surface area (TPSA) is 93.8 Å². The quantitative estimate of drug-likeness (QED) is 0.318. The maximum absolute atomic E-state index is 12.5. The van der Waals surface area contributed by atoms with Gasteiger partial charge in [-0.05, 0) is 35.9 Å². The third-order valence-electron chi connectivity index (χ3n) is 3.92. The van der Waals surface area contributed by atoms with Crippen molar-refractivity contribution in [3.8, 4) is 5.75 Å². The Morgan fingerprint density at radius 3 is 2.66 bits per heavy atom. The smallest absolute Gasteiger partial charge is 0.278 e. The van der Waals surface area contributed by atoms with Gasteiger partial charge in [-0.25, -0.2) is 5.43 Å². The van der Waals surface area contributed by atoms with Crippen LogP contribution in [0.25, 0.3) is 0 Å². The van der Waals surface area contributed by atoms with Gasteiger partial charge in [0.05, 0.1) is 22.3 Å². The first-order valence-corrected chi connectivity index (χ1v) is 9.37. The van der Waals surface area contributed by atoms with Gasteiger partial charge in [0.25, 0.3) is 11.6 Å². The third-order valence-corrected chi connectivity index (χ3v) is 4.41. The predicted molar refractivity (Wildman–Crippen MR) is 113 cm³/mol. The van der Waals surface area contributed by atoms with Crippen LogP contribution in [0.15, 0.2) is 82.4 Å². The fourth-order valence-corrected chi connectivity index (χ4v) is 3.00. The molecule has 0 aliphatic carbocycles. The Kier molecular flexibility index (Phi) is 6.70. The summed E-state index contributed by atoms with van der Waals surface area (Å²) in [5.41, 5.74) is 3.83. The monoisotopic (exact) mass is 453 g/mol. The highest BCUT2D eigenvalue weighted by Gasteiger charge is 2.13. The van der Waals surface area contributed by atoms with Gasteiger partial charge in [-0.15, -0.1) is 0 Å². The Balaban J connectivity index is 1.69. The fraction of sp³-hybridized carbons (Fsp3) is 0.0476. The number of ether oxygens (including phenoxy) is 1. The SMILES string of the molecule is O=C(N/N=C\c1ccccc1[N+](=O)[O-])c1ccccc1OCc1cccc(Br)c1. The van der Waals surface area contributed by atoms with Crippen molar-refractivity contribution >= 4 is 33.7 Å². The summed E-state index contributed by atoms with van der Waals surface area (Å²) in [5, 5.41) is 14.9. The molecule has 0 saturated carbocycles. The van der Waals surface area contributed by atoms with Crippen LogP contribution in [-0.2, 0) is 6.61 Å². The molecule has 0 heterocycles. The van der Waals surface area contributed by atoms with Crippen LogP contribution in [0.1, 0.15) is 21.5 Å². The summed E-state index contributed by atoms with van der Waals surface area (Å²) in [6.45, 7) is 0.295. The number of nitrogens with zero attached hydrogens (tertiary/aromatic N) is 2. The predicted octanol–water partition coefficient (Wildman–Crippen LogP) is 4.70. The number of nitrogens with one attached hydrogen (secondary N) is 1. The van der Waals surface area contributed by atoms with Crippen LogP contribution in [0.4, 0.5) is 5.69 Å². The minimum absolute atomic E-state index is 0.0942. The lowest BCUT2D eigenvalue weighted by Gasteiger charge is -2.10. The zero-order valence-electron chi connectivity index (χ0n) is 15.1. The molecular formula is C21H16BrN3O4. The van der Waals surface area contributed by atoms with E-state index in [-0.39, 0.29) is 11.3 Å². The fourth-order valence-electron chi connectivity index (χ4n) is 2.55. The van der Waals surface area contributed by atoms with E-state index in [0.717, 1.165) is 10.0 Å². The summed E-state index contributed by atoms with van der Waals surface area (Å²) in [6.07, 6.45) is 1.24. The lowest BCUT2D eigenvalue weighted by Crippen LogP contribution is -2.18. The summed E-state index contributed by atoms with van der Waals surface area (Å²) in [7, 11) is 0. The molecule has 0 unspecified atom stereocenters. The molecule has 1 N–H and O–H groups in total. The number of para-hydroxylation sites is 2. The second-order valence-electron chi connectivity index (χ2n) is 5.93. The van der Waals surface area contributed by atoms with Crippen LogP contribution < -0.4 is 10.2 Å². The Morgan fingerprint density at radius 2 is 1.86 bits per heavy atom. The minimum atomic E-state index is -0.506. The van der Waals surface area contributed by atoms with Crippen molar-refractivity contribution in [3.63, 3.8) is 0 Å². The number of hydrogen-bond acceptors (Lipinski definition) is 5. The van der Waals surface area contributed by atoms with Gasteiger partial charge in [-0.1, -0.05) is 52.3 Å². The Hall–Kier alpha value is -3.52. The first kappa shape index (κ1) is 20.2. The molecule has 0 spiro atoms. The Bertz CT molecular complexity index is 1070. The van der Waals surface area contributed by atoms with Crippen molar-refractivity contribution in [1.82, 2.24) is 5.43 Å². The largest absolute Gasteiger partial charge is 0.488 e. The first-order valence-electron chi connectivity index (χ1n) is 8.57. The number of nitro benzene ring substituents is 1. The van der Waals surface area contributed by atoms with Crippen LogP contribution >= 0.6 is 15.9 Å². The van der Waals surface area contributed by atoms with Crippen LogP contribution in [0.3, 0.4) is 0 Å². The molecule has 0 aliphatic heterocycles. The number of rotatable bonds is 7. The molecule has 7 nitrogen and oxygen atoms in total. The van der Waals surface area contributed by atoms with Gasteiger partial charge in [-0.3, -0.25) is 14.9 Å². The number of hydrogen-bond donors (Lipinski definition) is 1. The normalized spacial score (nSPS) is 10.7. The van der Waals surface area contributed by atoms with Gasteiger partial charge in [-0.2, -0.15) is 5.10 Å². The molecule has 3 aromatic rings.